The monoisotopic (exact) mass is 370 g/mol. The van der Waals surface area contributed by atoms with Crippen LogP contribution in [0.3, 0.4) is 0 Å². The summed E-state index contributed by atoms with van der Waals surface area (Å²) in [4.78, 5) is 0.0692. The van der Waals surface area contributed by atoms with Gasteiger partial charge in [-0.2, -0.15) is 4.31 Å². The molecule has 0 aliphatic carbocycles. The predicted molar refractivity (Wildman–Crippen MR) is 84.9 cm³/mol. The quantitative estimate of drug-likeness (QED) is 0.684. The molecule has 0 aliphatic rings. The Bertz CT molecular complexity index is 674. The van der Waals surface area contributed by atoms with E-state index in [0.29, 0.717) is 5.02 Å². The van der Waals surface area contributed by atoms with Gasteiger partial charge in [0.1, 0.15) is 0 Å². The number of ether oxygens (including phenoxy) is 1. The summed E-state index contributed by atoms with van der Waals surface area (Å²) >= 11 is 5.71. The number of nitrogens with zero attached hydrogens (tertiary/aromatic N) is 1. The van der Waals surface area contributed by atoms with E-state index < -0.39 is 20.0 Å². The molecule has 0 spiro atoms. The largest absolute Gasteiger partial charge is 0.383 e. The SMILES string of the molecule is COCCN(CCNS(=O)(=O)c1ccc(Cl)cc1)S(C)(=O)=O. The number of rotatable bonds is 9. The van der Waals surface area contributed by atoms with Crippen LogP contribution in [0.15, 0.2) is 29.2 Å². The molecule has 1 aromatic rings. The van der Waals surface area contributed by atoms with Crippen LogP contribution in [0.1, 0.15) is 0 Å². The molecule has 0 bridgehead atoms. The Labute approximate surface area is 136 Å². The van der Waals surface area contributed by atoms with Crippen LogP contribution in [0.25, 0.3) is 0 Å². The van der Waals surface area contributed by atoms with Crippen LogP contribution < -0.4 is 4.72 Å². The van der Waals surface area contributed by atoms with E-state index in [1.54, 1.807) is 0 Å². The molecule has 0 aliphatic heterocycles. The Hall–Kier alpha value is -0.710. The van der Waals surface area contributed by atoms with E-state index in [9.17, 15) is 16.8 Å². The first-order valence-electron chi connectivity index (χ1n) is 6.36. The molecule has 1 aromatic carbocycles. The summed E-state index contributed by atoms with van der Waals surface area (Å²) in [7, 11) is -5.66. The van der Waals surface area contributed by atoms with Crippen LogP contribution >= 0.6 is 11.6 Å². The molecule has 1 rings (SSSR count). The van der Waals surface area contributed by atoms with E-state index in [0.717, 1.165) is 10.6 Å². The van der Waals surface area contributed by atoms with Crippen molar-refractivity contribution in [3.05, 3.63) is 29.3 Å². The van der Waals surface area contributed by atoms with Crippen LogP contribution in [0.2, 0.25) is 5.02 Å². The van der Waals surface area contributed by atoms with Gasteiger partial charge in [0.25, 0.3) is 0 Å². The maximum Gasteiger partial charge on any atom is 0.240 e. The van der Waals surface area contributed by atoms with E-state index >= 15 is 0 Å². The van der Waals surface area contributed by atoms with Crippen molar-refractivity contribution in [3.63, 3.8) is 0 Å². The van der Waals surface area contributed by atoms with E-state index in [1.807, 2.05) is 0 Å². The third kappa shape index (κ3) is 6.19. The van der Waals surface area contributed by atoms with Gasteiger partial charge in [-0.15, -0.1) is 0 Å². The van der Waals surface area contributed by atoms with E-state index in [-0.39, 0.29) is 31.1 Å². The number of nitrogens with one attached hydrogen (secondary N) is 1. The first-order chi connectivity index (χ1) is 10.2. The second-order valence-corrected chi connectivity index (χ2v) is 8.69. The Kier molecular flexibility index (Phi) is 7.23. The minimum absolute atomic E-state index is 0.0228. The third-order valence-electron chi connectivity index (χ3n) is 2.79. The maximum absolute atomic E-state index is 12.0. The molecule has 10 heteroatoms. The zero-order valence-corrected chi connectivity index (χ0v) is 14.7. The summed E-state index contributed by atoms with van der Waals surface area (Å²) in [6.07, 6.45) is 1.07. The molecule has 0 amide bonds. The van der Waals surface area contributed by atoms with Crippen LogP contribution in [0, 0.1) is 0 Å². The molecule has 7 nitrogen and oxygen atoms in total. The lowest BCUT2D eigenvalue weighted by Gasteiger charge is -2.19. The van der Waals surface area contributed by atoms with E-state index in [1.165, 1.54) is 31.4 Å². The molecule has 0 radical (unpaired) electrons. The van der Waals surface area contributed by atoms with Gasteiger partial charge in [0.2, 0.25) is 20.0 Å². The van der Waals surface area contributed by atoms with Gasteiger partial charge < -0.3 is 4.74 Å². The van der Waals surface area contributed by atoms with E-state index in [4.69, 9.17) is 16.3 Å². The summed E-state index contributed by atoms with van der Waals surface area (Å²) in [6.45, 7) is 0.381. The fourth-order valence-electron chi connectivity index (χ4n) is 1.64. The van der Waals surface area contributed by atoms with Crippen molar-refractivity contribution in [1.82, 2.24) is 9.03 Å². The predicted octanol–water partition coefficient (Wildman–Crippen LogP) is 0.526. The molecule has 0 fully saturated rings. The third-order valence-corrected chi connectivity index (χ3v) is 5.82. The average Bonchev–Trinajstić information content (AvgIpc) is 2.41. The number of sulfonamides is 2. The molecule has 0 unspecified atom stereocenters. The fraction of sp³-hybridized carbons (Fsp3) is 0.500. The lowest BCUT2D eigenvalue weighted by atomic mass is 10.4. The highest BCUT2D eigenvalue weighted by molar-refractivity contribution is 7.89. The van der Waals surface area contributed by atoms with Crippen molar-refractivity contribution in [2.75, 3.05) is 39.6 Å². The molecule has 0 saturated heterocycles. The molecule has 22 heavy (non-hydrogen) atoms. The Balaban J connectivity index is 2.65. The Morgan fingerprint density at radius 1 is 1.14 bits per heavy atom. The van der Waals surface area contributed by atoms with Crippen LogP contribution in [0.5, 0.6) is 0 Å². The highest BCUT2D eigenvalue weighted by Gasteiger charge is 2.18. The van der Waals surface area contributed by atoms with Gasteiger partial charge in [-0.1, -0.05) is 11.6 Å². The van der Waals surface area contributed by atoms with Gasteiger partial charge in [-0.3, -0.25) is 0 Å². The van der Waals surface area contributed by atoms with Crippen molar-refractivity contribution in [2.45, 2.75) is 4.90 Å². The number of halogens is 1. The molecular formula is C12H19ClN2O5S2. The van der Waals surface area contributed by atoms with Crippen LogP contribution in [-0.2, 0) is 24.8 Å². The van der Waals surface area contributed by atoms with E-state index in [2.05, 4.69) is 4.72 Å². The van der Waals surface area contributed by atoms with Crippen molar-refractivity contribution < 1.29 is 21.6 Å². The van der Waals surface area contributed by atoms with Gasteiger partial charge in [0.15, 0.2) is 0 Å². The highest BCUT2D eigenvalue weighted by Crippen LogP contribution is 2.13. The smallest absolute Gasteiger partial charge is 0.240 e. The highest BCUT2D eigenvalue weighted by atomic mass is 35.5. The average molecular weight is 371 g/mol. The summed E-state index contributed by atoms with van der Waals surface area (Å²) in [5.41, 5.74) is 0. The molecule has 0 heterocycles. The maximum atomic E-state index is 12.0. The van der Waals surface area contributed by atoms with Gasteiger partial charge in [0, 0.05) is 31.8 Å². The summed E-state index contributed by atoms with van der Waals surface area (Å²) in [5.74, 6) is 0. The second-order valence-electron chi connectivity index (χ2n) is 4.51. The Morgan fingerprint density at radius 2 is 1.73 bits per heavy atom. The van der Waals surface area contributed by atoms with Crippen molar-refractivity contribution in [3.8, 4) is 0 Å². The first-order valence-corrected chi connectivity index (χ1v) is 10.1. The lowest BCUT2D eigenvalue weighted by molar-refractivity contribution is 0.179. The number of hydrogen-bond donors (Lipinski definition) is 1. The summed E-state index contributed by atoms with van der Waals surface area (Å²) < 4.78 is 55.6. The number of hydrogen-bond acceptors (Lipinski definition) is 5. The molecular weight excluding hydrogens is 352 g/mol. The van der Waals surface area contributed by atoms with Crippen molar-refractivity contribution in [1.29, 1.82) is 0 Å². The molecule has 126 valence electrons. The normalized spacial score (nSPS) is 12.7. The zero-order valence-electron chi connectivity index (χ0n) is 12.3. The van der Waals surface area contributed by atoms with Gasteiger partial charge >= 0.3 is 0 Å². The van der Waals surface area contributed by atoms with Crippen molar-refractivity contribution >= 4 is 31.6 Å². The summed E-state index contributed by atoms with van der Waals surface area (Å²) in [6, 6.07) is 5.70. The first kappa shape index (κ1) is 19.3. The Morgan fingerprint density at radius 3 is 2.23 bits per heavy atom. The van der Waals surface area contributed by atoms with Gasteiger partial charge in [0.05, 0.1) is 17.8 Å². The minimum atomic E-state index is -3.70. The molecule has 0 saturated carbocycles. The number of benzene rings is 1. The fourth-order valence-corrected chi connectivity index (χ4v) is 3.61. The molecule has 0 aromatic heterocycles. The lowest BCUT2D eigenvalue weighted by Crippen LogP contribution is -2.39. The number of methoxy groups -OCH3 is 1. The zero-order chi connectivity index (χ0) is 16.8. The van der Waals surface area contributed by atoms with Gasteiger partial charge in [-0.05, 0) is 24.3 Å². The van der Waals surface area contributed by atoms with Crippen LogP contribution in [-0.4, -0.2) is 60.7 Å². The second kappa shape index (κ2) is 8.23. The van der Waals surface area contributed by atoms with Gasteiger partial charge in [-0.25, -0.2) is 21.6 Å². The van der Waals surface area contributed by atoms with Crippen molar-refractivity contribution in [2.24, 2.45) is 0 Å². The summed E-state index contributed by atoms with van der Waals surface area (Å²) in [5, 5.41) is 0.432. The molecule has 1 N–H and O–H groups in total. The topological polar surface area (TPSA) is 92.8 Å². The molecule has 0 atom stereocenters. The minimum Gasteiger partial charge on any atom is -0.383 e. The standard InChI is InChI=1S/C12H19ClN2O5S2/c1-20-10-9-15(21(2,16)17)8-7-14-22(18,19)12-5-3-11(13)4-6-12/h3-6,14H,7-10H2,1-2H3. The van der Waals surface area contributed by atoms with Crippen LogP contribution in [0.4, 0.5) is 0 Å².